The maximum Gasteiger partial charge on any atom is 0.140 e. The van der Waals surface area contributed by atoms with Gasteiger partial charge in [0, 0.05) is 10.3 Å². The summed E-state index contributed by atoms with van der Waals surface area (Å²) in [7, 11) is 0. The van der Waals surface area contributed by atoms with Crippen LogP contribution >= 0.6 is 38.6 Å². The van der Waals surface area contributed by atoms with Gasteiger partial charge in [-0.05, 0) is 39.9 Å². The van der Waals surface area contributed by atoms with Crippen molar-refractivity contribution in [3.8, 4) is 0 Å². The third-order valence-corrected chi connectivity index (χ3v) is 4.56. The molecule has 0 amide bonds. The van der Waals surface area contributed by atoms with E-state index in [0.29, 0.717) is 0 Å². The molecule has 0 aliphatic heterocycles. The number of thiazole rings is 1. The fourth-order valence-electron chi connectivity index (χ4n) is 1.17. The molecule has 74 valence electrons. The van der Waals surface area contributed by atoms with Gasteiger partial charge in [0.2, 0.25) is 0 Å². The van der Waals surface area contributed by atoms with E-state index in [0.717, 1.165) is 20.1 Å². The molecule has 2 aromatic rings. The molecule has 1 N–H and O–H groups in total. The van der Waals surface area contributed by atoms with Gasteiger partial charge in [-0.1, -0.05) is 0 Å². The monoisotopic (exact) mass is 289 g/mol. The van der Waals surface area contributed by atoms with E-state index in [2.05, 4.69) is 20.9 Å². The molecule has 0 saturated carbocycles. The van der Waals surface area contributed by atoms with Gasteiger partial charge in [0.25, 0.3) is 0 Å². The summed E-state index contributed by atoms with van der Waals surface area (Å²) < 4.78 is 0.783. The summed E-state index contributed by atoms with van der Waals surface area (Å²) in [4.78, 5) is 5.18. The lowest BCUT2D eigenvalue weighted by Gasteiger charge is -2.05. The number of aliphatic hydroxyl groups excluding tert-OH is 1. The zero-order valence-corrected chi connectivity index (χ0v) is 10.6. The summed E-state index contributed by atoms with van der Waals surface area (Å²) in [5.74, 6) is 0. The lowest BCUT2D eigenvalue weighted by Crippen LogP contribution is -1.97. The van der Waals surface area contributed by atoms with Crippen molar-refractivity contribution in [2.75, 3.05) is 0 Å². The number of hydrogen-bond donors (Lipinski definition) is 1. The van der Waals surface area contributed by atoms with Crippen molar-refractivity contribution >= 4 is 38.6 Å². The van der Waals surface area contributed by atoms with Crippen LogP contribution in [0, 0.1) is 6.92 Å². The lowest BCUT2D eigenvalue weighted by atomic mass is 10.2. The largest absolute Gasteiger partial charge is 0.380 e. The van der Waals surface area contributed by atoms with Gasteiger partial charge < -0.3 is 5.11 Å². The molecule has 2 aromatic heterocycles. The number of halogens is 1. The second-order valence-corrected chi connectivity index (χ2v) is 5.53. The summed E-state index contributed by atoms with van der Waals surface area (Å²) in [6.45, 7) is 2.00. The van der Waals surface area contributed by atoms with Crippen molar-refractivity contribution in [3.05, 3.63) is 36.9 Å². The van der Waals surface area contributed by atoms with Gasteiger partial charge in [-0.15, -0.1) is 22.7 Å². The SMILES string of the molecule is Cc1ccsc1C(O)c1nc(Br)cs1. The fraction of sp³-hybridized carbons (Fsp3) is 0.222. The van der Waals surface area contributed by atoms with Gasteiger partial charge in [0.05, 0.1) is 0 Å². The highest BCUT2D eigenvalue weighted by molar-refractivity contribution is 9.10. The minimum atomic E-state index is -0.578. The predicted octanol–water partition coefficient (Wildman–Crippen LogP) is 3.36. The van der Waals surface area contributed by atoms with E-state index < -0.39 is 6.10 Å². The molecule has 0 saturated heterocycles. The number of thiophene rings is 1. The summed E-state index contributed by atoms with van der Waals surface area (Å²) in [5.41, 5.74) is 1.12. The first-order valence-electron chi connectivity index (χ1n) is 4.01. The Morgan fingerprint density at radius 1 is 1.50 bits per heavy atom. The van der Waals surface area contributed by atoms with Crippen molar-refractivity contribution in [3.63, 3.8) is 0 Å². The molecular weight excluding hydrogens is 282 g/mol. The van der Waals surface area contributed by atoms with Crippen LogP contribution < -0.4 is 0 Å². The Kier molecular flexibility index (Phi) is 3.02. The summed E-state index contributed by atoms with van der Waals surface area (Å²) in [6, 6.07) is 2.01. The highest BCUT2D eigenvalue weighted by atomic mass is 79.9. The lowest BCUT2D eigenvalue weighted by molar-refractivity contribution is 0.223. The van der Waals surface area contributed by atoms with E-state index in [1.165, 1.54) is 11.3 Å². The van der Waals surface area contributed by atoms with E-state index in [-0.39, 0.29) is 0 Å². The predicted molar refractivity (Wildman–Crippen MR) is 62.9 cm³/mol. The molecule has 1 atom stereocenters. The molecule has 0 aliphatic carbocycles. The zero-order chi connectivity index (χ0) is 10.1. The maximum atomic E-state index is 10.0. The molecule has 2 heterocycles. The Morgan fingerprint density at radius 3 is 2.79 bits per heavy atom. The number of aryl methyl sites for hydroxylation is 1. The Labute approximate surface area is 98.4 Å². The normalized spacial score (nSPS) is 13.1. The first kappa shape index (κ1) is 10.3. The number of rotatable bonds is 2. The quantitative estimate of drug-likeness (QED) is 0.920. The van der Waals surface area contributed by atoms with E-state index in [4.69, 9.17) is 0 Å². The van der Waals surface area contributed by atoms with Crippen LogP contribution in [0.2, 0.25) is 0 Å². The Morgan fingerprint density at radius 2 is 2.29 bits per heavy atom. The molecular formula is C9H8BrNOS2. The molecule has 2 rings (SSSR count). The smallest absolute Gasteiger partial charge is 0.140 e. The molecule has 0 aliphatic rings. The Bertz CT molecular complexity index is 437. The van der Waals surface area contributed by atoms with Gasteiger partial charge >= 0.3 is 0 Å². The van der Waals surface area contributed by atoms with Crippen molar-refractivity contribution in [1.29, 1.82) is 0 Å². The van der Waals surface area contributed by atoms with E-state index >= 15 is 0 Å². The van der Waals surface area contributed by atoms with Gasteiger partial charge in [-0.2, -0.15) is 0 Å². The first-order valence-corrected chi connectivity index (χ1v) is 6.56. The van der Waals surface area contributed by atoms with Crippen LogP contribution in [0.15, 0.2) is 21.4 Å². The van der Waals surface area contributed by atoms with Crippen molar-refractivity contribution in [1.82, 2.24) is 4.98 Å². The van der Waals surface area contributed by atoms with Crippen LogP contribution in [0.3, 0.4) is 0 Å². The minimum absolute atomic E-state index is 0.578. The second kappa shape index (κ2) is 4.10. The van der Waals surface area contributed by atoms with Crippen LogP contribution in [0.5, 0.6) is 0 Å². The van der Waals surface area contributed by atoms with Crippen LogP contribution in [-0.2, 0) is 0 Å². The van der Waals surface area contributed by atoms with Crippen molar-refractivity contribution in [2.24, 2.45) is 0 Å². The first-order chi connectivity index (χ1) is 6.68. The van der Waals surface area contributed by atoms with Gasteiger partial charge in [-0.3, -0.25) is 0 Å². The number of aliphatic hydroxyl groups is 1. The average Bonchev–Trinajstić information content (AvgIpc) is 2.73. The maximum absolute atomic E-state index is 10.0. The highest BCUT2D eigenvalue weighted by Gasteiger charge is 2.17. The number of hydrogen-bond acceptors (Lipinski definition) is 4. The molecule has 0 radical (unpaired) electrons. The molecule has 1 unspecified atom stereocenters. The zero-order valence-electron chi connectivity index (χ0n) is 7.40. The topological polar surface area (TPSA) is 33.1 Å². The fourth-order valence-corrected chi connectivity index (χ4v) is 3.41. The van der Waals surface area contributed by atoms with Gasteiger partial charge in [0.15, 0.2) is 0 Å². The van der Waals surface area contributed by atoms with Crippen molar-refractivity contribution in [2.45, 2.75) is 13.0 Å². The third kappa shape index (κ3) is 1.91. The molecule has 14 heavy (non-hydrogen) atoms. The summed E-state index contributed by atoms with van der Waals surface area (Å²) in [6.07, 6.45) is -0.578. The summed E-state index contributed by atoms with van der Waals surface area (Å²) >= 11 is 6.30. The van der Waals surface area contributed by atoms with Crippen LogP contribution in [-0.4, -0.2) is 10.1 Å². The van der Waals surface area contributed by atoms with Gasteiger partial charge in [0.1, 0.15) is 15.7 Å². The molecule has 0 fully saturated rings. The molecule has 0 bridgehead atoms. The minimum Gasteiger partial charge on any atom is -0.380 e. The highest BCUT2D eigenvalue weighted by Crippen LogP contribution is 2.31. The molecule has 0 aromatic carbocycles. The second-order valence-electron chi connectivity index (χ2n) is 2.88. The summed E-state index contributed by atoms with van der Waals surface area (Å²) in [5, 5.41) is 14.6. The van der Waals surface area contributed by atoms with Crippen LogP contribution in [0.25, 0.3) is 0 Å². The third-order valence-electron chi connectivity index (χ3n) is 1.88. The molecule has 2 nitrogen and oxygen atoms in total. The number of aromatic nitrogens is 1. The van der Waals surface area contributed by atoms with Crippen molar-refractivity contribution < 1.29 is 5.11 Å². The Hall–Kier alpha value is -0.230. The van der Waals surface area contributed by atoms with E-state index in [1.807, 2.05) is 23.8 Å². The number of nitrogens with zero attached hydrogens (tertiary/aromatic N) is 1. The van der Waals surface area contributed by atoms with Crippen LogP contribution in [0.4, 0.5) is 0 Å². The van der Waals surface area contributed by atoms with Crippen LogP contribution in [0.1, 0.15) is 21.6 Å². The van der Waals surface area contributed by atoms with Gasteiger partial charge in [-0.25, -0.2) is 4.98 Å². The van der Waals surface area contributed by atoms with E-state index in [9.17, 15) is 5.11 Å². The average molecular weight is 290 g/mol. The Balaban J connectivity index is 2.33. The van der Waals surface area contributed by atoms with E-state index in [1.54, 1.807) is 11.3 Å². The molecule has 0 spiro atoms. The molecule has 5 heteroatoms. The standard InChI is InChI=1S/C9H8BrNOS2/c1-5-2-3-13-8(5)7(12)9-11-6(10)4-14-9/h2-4,7,12H,1H3.